The fraction of sp³-hybridized carbons (Fsp3) is 0.222. The lowest BCUT2D eigenvalue weighted by molar-refractivity contribution is -0.541. The maximum atomic E-state index is 11.5. The fourth-order valence-corrected chi connectivity index (χ4v) is 1.63. The highest BCUT2D eigenvalue weighted by Crippen LogP contribution is 2.12. The minimum atomic E-state index is 0.572. The molecule has 2 aromatic rings. The second-order valence-corrected chi connectivity index (χ2v) is 3.81. The van der Waals surface area contributed by atoms with Crippen LogP contribution in [0, 0.1) is 11.8 Å². The largest absolute Gasteiger partial charge is 0.318 e. The van der Waals surface area contributed by atoms with Crippen LogP contribution in [0.25, 0.3) is 11.0 Å². The molecule has 5 heteroatoms. The van der Waals surface area contributed by atoms with Crippen LogP contribution in [0.3, 0.4) is 0 Å². The summed E-state index contributed by atoms with van der Waals surface area (Å²) in [7, 11) is 0. The molecule has 0 radical (unpaired) electrons. The molecule has 4 nitrogen and oxygen atoms in total. The van der Waals surface area contributed by atoms with Crippen LogP contribution in [0.4, 0.5) is 0 Å². The van der Waals surface area contributed by atoms with Crippen molar-refractivity contribution in [2.45, 2.75) is 12.1 Å². The Labute approximate surface area is 84.9 Å². The van der Waals surface area contributed by atoms with E-state index < -0.39 is 0 Å². The van der Waals surface area contributed by atoms with E-state index in [1.165, 1.54) is 11.8 Å². The predicted octanol–water partition coefficient (Wildman–Crippen LogP) is 1.51. The zero-order chi connectivity index (χ0) is 10.1. The van der Waals surface area contributed by atoms with Gasteiger partial charge < -0.3 is 0 Å². The first-order valence-corrected chi connectivity index (χ1v) is 5.40. The van der Waals surface area contributed by atoms with Crippen molar-refractivity contribution in [3.63, 3.8) is 0 Å². The lowest BCUT2D eigenvalue weighted by Crippen LogP contribution is -2.22. The summed E-state index contributed by atoms with van der Waals surface area (Å²) >= 11 is 1.41. The van der Waals surface area contributed by atoms with Crippen LogP contribution < -0.4 is 4.54 Å². The molecular weight excluding hydrogens is 198 g/mol. The van der Waals surface area contributed by atoms with Crippen LogP contribution in [-0.2, 0) is 0 Å². The van der Waals surface area contributed by atoms with Gasteiger partial charge in [0.15, 0.2) is 4.54 Å². The van der Waals surface area contributed by atoms with E-state index in [1.807, 2.05) is 31.4 Å². The number of thioether (sulfide) groups is 1. The van der Waals surface area contributed by atoms with Gasteiger partial charge in [0.25, 0.3) is 0 Å². The number of benzene rings is 1. The minimum absolute atomic E-state index is 0.572. The number of aromatic amines is 1. The van der Waals surface area contributed by atoms with Crippen molar-refractivity contribution in [2.24, 2.45) is 0 Å². The van der Waals surface area contributed by atoms with Gasteiger partial charge in [0, 0.05) is 6.07 Å². The summed E-state index contributed by atoms with van der Waals surface area (Å²) in [6.45, 7) is 1.95. The lowest BCUT2D eigenvalue weighted by atomic mass is 10.2. The molecule has 0 saturated heterocycles. The Hall–Kier alpha value is -1.36. The molecule has 0 atom stereocenters. The van der Waals surface area contributed by atoms with E-state index in [-0.39, 0.29) is 0 Å². The molecule has 1 N–H and O–H groups in total. The molecule has 0 bridgehead atoms. The van der Waals surface area contributed by atoms with Crippen LogP contribution in [0.1, 0.15) is 5.56 Å². The molecule has 0 fully saturated rings. The van der Waals surface area contributed by atoms with Crippen LogP contribution in [0.2, 0.25) is 0 Å². The predicted molar refractivity (Wildman–Crippen MR) is 56.0 cm³/mol. The molecule has 1 aromatic carbocycles. The van der Waals surface area contributed by atoms with E-state index >= 15 is 0 Å². The van der Waals surface area contributed by atoms with Gasteiger partial charge in [-0.1, -0.05) is 22.9 Å². The van der Waals surface area contributed by atoms with Crippen molar-refractivity contribution in [1.29, 1.82) is 0 Å². The number of nitrogens with one attached hydrogen (secondary N) is 1. The number of aromatic nitrogens is 3. The summed E-state index contributed by atoms with van der Waals surface area (Å²) in [6, 6.07) is 5.61. The normalized spacial score (nSPS) is 10.7. The van der Waals surface area contributed by atoms with Crippen molar-refractivity contribution in [1.82, 2.24) is 10.1 Å². The molecule has 0 spiro atoms. The van der Waals surface area contributed by atoms with Gasteiger partial charge in [-0.3, -0.25) is 0 Å². The van der Waals surface area contributed by atoms with E-state index in [1.54, 1.807) is 0 Å². The third-order valence-electron chi connectivity index (χ3n) is 1.96. The Kier molecular flexibility index (Phi) is 2.25. The smallest absolute Gasteiger partial charge is 0.213 e. The zero-order valence-electron chi connectivity index (χ0n) is 7.94. The first-order chi connectivity index (χ1) is 6.70. The number of rotatable bonds is 1. The van der Waals surface area contributed by atoms with Gasteiger partial charge >= 0.3 is 5.52 Å². The summed E-state index contributed by atoms with van der Waals surface area (Å²) in [6.07, 6.45) is 1.87. The van der Waals surface area contributed by atoms with Crippen LogP contribution in [0.5, 0.6) is 0 Å². The van der Waals surface area contributed by atoms with Crippen molar-refractivity contribution < 1.29 is 4.54 Å². The van der Waals surface area contributed by atoms with Gasteiger partial charge in [0.05, 0.1) is 4.91 Å². The third kappa shape index (κ3) is 1.50. The lowest BCUT2D eigenvalue weighted by Gasteiger charge is -1.93. The second-order valence-electron chi connectivity index (χ2n) is 3.02. The highest BCUT2D eigenvalue weighted by Gasteiger charge is 2.10. The quantitative estimate of drug-likeness (QED) is 0.571. The van der Waals surface area contributed by atoms with Gasteiger partial charge in [-0.2, -0.15) is 0 Å². The van der Waals surface area contributed by atoms with Crippen molar-refractivity contribution in [2.75, 3.05) is 6.26 Å². The first-order valence-electron chi connectivity index (χ1n) is 4.18. The van der Waals surface area contributed by atoms with Gasteiger partial charge in [-0.25, -0.2) is 4.98 Å². The zero-order valence-corrected chi connectivity index (χ0v) is 8.76. The molecular formula is C9H10N3OS+. The Balaban J connectivity index is 2.83. The van der Waals surface area contributed by atoms with Crippen molar-refractivity contribution in [3.05, 3.63) is 28.7 Å². The second kappa shape index (κ2) is 3.42. The van der Waals surface area contributed by atoms with E-state index in [4.69, 9.17) is 0 Å². The van der Waals surface area contributed by atoms with Crippen LogP contribution >= 0.6 is 11.8 Å². The molecule has 72 valence electrons. The number of H-pyrrole nitrogens is 1. The van der Waals surface area contributed by atoms with Crippen LogP contribution in [-0.4, -0.2) is 16.3 Å². The molecule has 0 aliphatic heterocycles. The monoisotopic (exact) mass is 208 g/mol. The fourth-order valence-electron chi connectivity index (χ4n) is 1.26. The Bertz CT molecular complexity index is 535. The van der Waals surface area contributed by atoms with Gasteiger partial charge in [0.1, 0.15) is 5.52 Å². The number of fused-ring (bicyclic) bond motifs is 1. The molecule has 0 saturated carbocycles. The summed E-state index contributed by atoms with van der Waals surface area (Å²) in [5, 5.41) is 3.26. The summed E-state index contributed by atoms with van der Waals surface area (Å²) < 4.78 is 0.751. The number of hydrogen-bond donors (Lipinski definition) is 1. The van der Waals surface area contributed by atoms with Gasteiger partial charge in [-0.05, 0) is 24.8 Å². The number of aryl methyl sites for hydroxylation is 1. The maximum absolute atomic E-state index is 11.5. The first kappa shape index (κ1) is 9.21. The average molecular weight is 208 g/mol. The van der Waals surface area contributed by atoms with Gasteiger partial charge in [-0.15, -0.1) is 0 Å². The molecule has 2 rings (SSSR count). The number of nitrogens with zero attached hydrogens (tertiary/aromatic N) is 2. The van der Waals surface area contributed by atoms with E-state index in [2.05, 4.69) is 10.1 Å². The molecule has 1 aromatic heterocycles. The van der Waals surface area contributed by atoms with E-state index in [9.17, 15) is 4.91 Å². The molecule has 0 unspecified atom stereocenters. The summed E-state index contributed by atoms with van der Waals surface area (Å²) in [5.41, 5.74) is 2.34. The van der Waals surface area contributed by atoms with Crippen LogP contribution in [0.15, 0.2) is 23.4 Å². The summed E-state index contributed by atoms with van der Waals surface area (Å²) in [4.78, 5) is 15.8. The van der Waals surface area contributed by atoms with Gasteiger partial charge in [0.2, 0.25) is 5.16 Å². The van der Waals surface area contributed by atoms with E-state index in [0.29, 0.717) is 16.2 Å². The topological polar surface area (TPSA) is 51.6 Å². The third-order valence-corrected chi connectivity index (χ3v) is 2.53. The average Bonchev–Trinajstić information content (AvgIpc) is 2.19. The molecule has 14 heavy (non-hydrogen) atoms. The Morgan fingerprint density at radius 3 is 3.00 bits per heavy atom. The molecule has 0 aliphatic carbocycles. The summed E-state index contributed by atoms with van der Waals surface area (Å²) in [5.74, 6) is 0. The Morgan fingerprint density at radius 1 is 1.50 bits per heavy atom. The van der Waals surface area contributed by atoms with Crippen molar-refractivity contribution in [3.8, 4) is 0 Å². The molecule has 0 amide bonds. The minimum Gasteiger partial charge on any atom is -0.213 e. The highest BCUT2D eigenvalue weighted by molar-refractivity contribution is 7.98. The molecule has 0 aliphatic rings. The standard InChI is InChI=1S/C9H10N3OS/c1-6-3-4-7-8(5-6)12(13)11-9(10-7)14-2/h3-5H,1-2H3,(H,10,11,13)/q+1. The highest BCUT2D eigenvalue weighted by atomic mass is 32.2. The van der Waals surface area contributed by atoms with Crippen molar-refractivity contribution >= 4 is 22.8 Å². The molecule has 1 heterocycles. The number of hydrogen-bond acceptors (Lipinski definition) is 3. The maximum Gasteiger partial charge on any atom is 0.318 e. The SMILES string of the molecule is CSc1nc2ccc(C)cc2[n+](=O)[nH]1. The Morgan fingerprint density at radius 2 is 2.29 bits per heavy atom. The van der Waals surface area contributed by atoms with E-state index in [0.717, 1.165) is 10.1 Å².